The van der Waals surface area contributed by atoms with Gasteiger partial charge in [-0.15, -0.1) is 0 Å². The fourth-order valence-electron chi connectivity index (χ4n) is 5.87. The minimum atomic E-state index is -1.03. The van der Waals surface area contributed by atoms with Gasteiger partial charge in [0.05, 0.1) is 13.2 Å². The summed E-state index contributed by atoms with van der Waals surface area (Å²) in [6.07, 6.45) is 21.2. The molecule has 0 aromatic heterocycles. The highest BCUT2D eigenvalue weighted by Gasteiger charge is 2.35. The van der Waals surface area contributed by atoms with Crippen LogP contribution in [0.1, 0.15) is 116 Å². The van der Waals surface area contributed by atoms with E-state index in [-0.39, 0.29) is 13.2 Å². The second-order valence-corrected chi connectivity index (χ2v) is 12.7. The molecule has 0 aliphatic carbocycles. The number of unbranched alkanes of at least 4 members (excludes halogenated alkanes) is 15. The molecule has 8 heteroatoms. The van der Waals surface area contributed by atoms with Crippen LogP contribution in [0.3, 0.4) is 0 Å². The van der Waals surface area contributed by atoms with E-state index in [1.807, 2.05) is 48.5 Å². The summed E-state index contributed by atoms with van der Waals surface area (Å²) >= 11 is 0. The fraction of sp³-hybridized carbons (Fsp3) is 0.667. The molecule has 0 radical (unpaired) electrons. The van der Waals surface area contributed by atoms with Crippen molar-refractivity contribution in [2.24, 2.45) is 0 Å². The Morgan fingerprint density at radius 1 is 0.596 bits per heavy atom. The van der Waals surface area contributed by atoms with Crippen molar-refractivity contribution in [2.75, 3.05) is 46.2 Å². The van der Waals surface area contributed by atoms with E-state index in [2.05, 4.69) is 6.92 Å². The Morgan fingerprint density at radius 2 is 0.979 bits per heavy atom. The van der Waals surface area contributed by atoms with Crippen molar-refractivity contribution in [3.63, 3.8) is 0 Å². The predicted molar refractivity (Wildman–Crippen MR) is 186 cm³/mol. The SMILES string of the molecule is CCCCCCCCCCCCCCCCCCC1(OCC(=O)O)COc2ccccc2OCCOCCOc2ccccc2OC1. The van der Waals surface area contributed by atoms with Gasteiger partial charge in [0.25, 0.3) is 0 Å². The minimum Gasteiger partial charge on any atom is -0.487 e. The first kappa shape index (κ1) is 38.5. The second kappa shape index (κ2) is 24.2. The molecule has 1 aliphatic heterocycles. The zero-order chi connectivity index (χ0) is 33.3. The van der Waals surface area contributed by atoms with Crippen molar-refractivity contribution in [1.29, 1.82) is 0 Å². The average molecular weight is 657 g/mol. The molecule has 2 aromatic carbocycles. The van der Waals surface area contributed by atoms with Crippen molar-refractivity contribution < 1.29 is 38.3 Å². The van der Waals surface area contributed by atoms with E-state index in [1.54, 1.807) is 0 Å². The Balaban J connectivity index is 1.53. The summed E-state index contributed by atoms with van der Waals surface area (Å²) in [7, 11) is 0. The van der Waals surface area contributed by atoms with E-state index in [0.29, 0.717) is 55.8 Å². The van der Waals surface area contributed by atoms with Crippen LogP contribution in [0, 0.1) is 0 Å². The third-order valence-corrected chi connectivity index (χ3v) is 8.64. The number of carboxylic acids is 1. The van der Waals surface area contributed by atoms with Crippen molar-refractivity contribution >= 4 is 5.97 Å². The Kier molecular flexibility index (Phi) is 19.8. The lowest BCUT2D eigenvalue weighted by Gasteiger charge is -2.33. The van der Waals surface area contributed by atoms with Crippen LogP contribution in [0.25, 0.3) is 0 Å². The zero-order valence-electron chi connectivity index (χ0n) is 28.9. The molecule has 0 atom stereocenters. The number of carboxylic acid groups (broad SMARTS) is 1. The summed E-state index contributed by atoms with van der Waals surface area (Å²) in [6.45, 7) is 3.58. The van der Waals surface area contributed by atoms with Crippen LogP contribution < -0.4 is 18.9 Å². The molecule has 264 valence electrons. The number of fused-ring (bicyclic) bond motifs is 2. The molecule has 0 amide bonds. The maximum atomic E-state index is 11.7. The molecule has 3 rings (SSSR count). The first-order chi connectivity index (χ1) is 23.1. The lowest BCUT2D eigenvalue weighted by molar-refractivity contribution is -0.156. The standard InChI is InChI=1S/C39H60O8/c1-2-3-4-5-6-7-8-9-10-11-12-13-14-15-16-21-26-39(47-31-38(40)41)32-45-36-24-19-17-22-34(36)43-29-27-42-28-30-44-35-23-18-20-25-37(35)46-33-39/h17-20,22-25H,2-16,21,26-33H2,1H3,(H,40,41). The summed E-state index contributed by atoms with van der Waals surface area (Å²) < 4.78 is 36.3. The average Bonchev–Trinajstić information content (AvgIpc) is 3.08. The summed E-state index contributed by atoms with van der Waals surface area (Å²) in [6, 6.07) is 14.9. The van der Waals surface area contributed by atoms with Crippen LogP contribution >= 0.6 is 0 Å². The van der Waals surface area contributed by atoms with E-state index in [9.17, 15) is 9.90 Å². The maximum absolute atomic E-state index is 11.7. The van der Waals surface area contributed by atoms with Gasteiger partial charge in [-0.3, -0.25) is 0 Å². The largest absolute Gasteiger partial charge is 0.487 e. The molecule has 8 nitrogen and oxygen atoms in total. The van der Waals surface area contributed by atoms with Gasteiger partial charge in [-0.05, 0) is 30.7 Å². The van der Waals surface area contributed by atoms with E-state index in [0.717, 1.165) is 19.3 Å². The van der Waals surface area contributed by atoms with E-state index in [4.69, 9.17) is 28.4 Å². The molecular weight excluding hydrogens is 596 g/mol. The van der Waals surface area contributed by atoms with Crippen LogP contribution in [0.15, 0.2) is 48.5 Å². The quantitative estimate of drug-likeness (QED) is 0.141. The van der Waals surface area contributed by atoms with Gasteiger partial charge in [0.2, 0.25) is 0 Å². The molecule has 0 unspecified atom stereocenters. The molecule has 47 heavy (non-hydrogen) atoms. The summed E-state index contributed by atoms with van der Waals surface area (Å²) in [4.78, 5) is 11.7. The molecule has 1 N–H and O–H groups in total. The number of rotatable bonds is 20. The highest BCUT2D eigenvalue weighted by Crippen LogP contribution is 2.32. The summed E-state index contributed by atoms with van der Waals surface area (Å²) in [5.41, 5.74) is -0.991. The molecule has 0 saturated heterocycles. The van der Waals surface area contributed by atoms with Crippen LogP contribution in [0.2, 0.25) is 0 Å². The number of benzene rings is 2. The third kappa shape index (κ3) is 16.6. The van der Waals surface area contributed by atoms with Crippen LogP contribution in [0.4, 0.5) is 0 Å². The van der Waals surface area contributed by atoms with Crippen LogP contribution in [0.5, 0.6) is 23.0 Å². The number of hydrogen-bond donors (Lipinski definition) is 1. The zero-order valence-corrected chi connectivity index (χ0v) is 28.9. The van der Waals surface area contributed by atoms with Crippen molar-refractivity contribution in [3.8, 4) is 23.0 Å². The first-order valence-corrected chi connectivity index (χ1v) is 18.2. The molecule has 2 aromatic rings. The molecule has 0 saturated carbocycles. The number of carbonyl (C=O) groups is 1. The van der Waals surface area contributed by atoms with Crippen LogP contribution in [-0.2, 0) is 14.3 Å². The van der Waals surface area contributed by atoms with Gasteiger partial charge >= 0.3 is 5.97 Å². The third-order valence-electron chi connectivity index (χ3n) is 8.64. The lowest BCUT2D eigenvalue weighted by atomic mass is 9.96. The van der Waals surface area contributed by atoms with Crippen molar-refractivity contribution in [1.82, 2.24) is 0 Å². The lowest BCUT2D eigenvalue weighted by Crippen LogP contribution is -2.46. The minimum absolute atomic E-state index is 0.110. The molecule has 0 spiro atoms. The van der Waals surface area contributed by atoms with Gasteiger partial charge in [-0.1, -0.05) is 134 Å². The van der Waals surface area contributed by atoms with Crippen molar-refractivity contribution in [3.05, 3.63) is 48.5 Å². The highest BCUT2D eigenvalue weighted by molar-refractivity contribution is 5.68. The smallest absolute Gasteiger partial charge is 0.329 e. The van der Waals surface area contributed by atoms with Gasteiger partial charge in [-0.2, -0.15) is 0 Å². The van der Waals surface area contributed by atoms with Gasteiger partial charge in [-0.25, -0.2) is 4.79 Å². The maximum Gasteiger partial charge on any atom is 0.329 e. The second-order valence-electron chi connectivity index (χ2n) is 12.7. The van der Waals surface area contributed by atoms with Gasteiger partial charge in [0.15, 0.2) is 23.0 Å². The van der Waals surface area contributed by atoms with E-state index < -0.39 is 18.2 Å². The Bertz CT molecular complexity index is 1030. The Labute approximate surface area is 283 Å². The molecule has 0 bridgehead atoms. The van der Waals surface area contributed by atoms with Gasteiger partial charge < -0.3 is 33.5 Å². The highest BCUT2D eigenvalue weighted by atomic mass is 16.6. The van der Waals surface area contributed by atoms with Crippen molar-refractivity contribution in [2.45, 2.75) is 122 Å². The molecule has 1 aliphatic rings. The number of ether oxygens (including phenoxy) is 6. The van der Waals surface area contributed by atoms with Crippen LogP contribution in [-0.4, -0.2) is 62.9 Å². The number of para-hydroxylation sites is 4. The molecular formula is C39H60O8. The monoisotopic (exact) mass is 656 g/mol. The Hall–Kier alpha value is -2.97. The van der Waals surface area contributed by atoms with E-state index >= 15 is 0 Å². The normalized spacial score (nSPS) is 15.3. The molecule has 0 fully saturated rings. The fourth-order valence-corrected chi connectivity index (χ4v) is 5.87. The Morgan fingerprint density at radius 3 is 1.38 bits per heavy atom. The summed E-state index contributed by atoms with van der Waals surface area (Å²) in [5, 5.41) is 9.56. The first-order valence-electron chi connectivity index (χ1n) is 18.2. The van der Waals surface area contributed by atoms with Gasteiger partial charge in [0.1, 0.15) is 38.6 Å². The topological polar surface area (TPSA) is 92.7 Å². The number of hydrogen-bond acceptors (Lipinski definition) is 7. The number of aliphatic carboxylic acids is 1. The molecule has 1 heterocycles. The summed E-state index contributed by atoms with van der Waals surface area (Å²) in [5.74, 6) is 1.30. The predicted octanol–water partition coefficient (Wildman–Crippen LogP) is 9.42. The van der Waals surface area contributed by atoms with E-state index in [1.165, 1.54) is 83.5 Å². The van der Waals surface area contributed by atoms with Gasteiger partial charge in [0, 0.05) is 0 Å².